The van der Waals surface area contributed by atoms with Crippen molar-refractivity contribution in [3.63, 3.8) is 0 Å². The van der Waals surface area contributed by atoms with Crippen molar-refractivity contribution in [1.82, 2.24) is 0 Å². The first-order chi connectivity index (χ1) is 13.5. The minimum atomic E-state index is -1.94. The van der Waals surface area contributed by atoms with Gasteiger partial charge in [-0.2, -0.15) is 0 Å². The van der Waals surface area contributed by atoms with Gasteiger partial charge in [0, 0.05) is 12.7 Å². The fraction of sp³-hybridized carbons (Fsp3) is 0.478. The van der Waals surface area contributed by atoms with Crippen molar-refractivity contribution in [2.45, 2.75) is 57.8 Å². The summed E-state index contributed by atoms with van der Waals surface area (Å²) in [5.74, 6) is -1.13. The van der Waals surface area contributed by atoms with Gasteiger partial charge in [-0.3, -0.25) is 0 Å². The fourth-order valence-electron chi connectivity index (χ4n) is 2.79. The molecule has 0 saturated heterocycles. The summed E-state index contributed by atoms with van der Waals surface area (Å²) in [5, 5.41) is 0.0782. The molecule has 1 atom stereocenters. The normalized spacial score (nSPS) is 19.9. The quantitative estimate of drug-likeness (QED) is 0.446. The maximum atomic E-state index is 12.8. The van der Waals surface area contributed by atoms with Crippen molar-refractivity contribution in [1.29, 1.82) is 0 Å². The van der Waals surface area contributed by atoms with E-state index in [0.29, 0.717) is 18.6 Å². The van der Waals surface area contributed by atoms with Crippen LogP contribution in [-0.2, 0) is 23.5 Å². The number of hydrogen-bond donors (Lipinski definition) is 0. The molecule has 158 valence electrons. The van der Waals surface area contributed by atoms with Crippen LogP contribution in [0.2, 0.25) is 18.1 Å². The summed E-state index contributed by atoms with van der Waals surface area (Å²) in [6, 6.07) is 9.55. The number of rotatable bonds is 8. The molecule has 0 aliphatic carbocycles. The van der Waals surface area contributed by atoms with E-state index in [-0.39, 0.29) is 11.6 Å². The van der Waals surface area contributed by atoms with Gasteiger partial charge in [-0.15, -0.1) is 0 Å². The molecule has 1 aliphatic rings. The van der Waals surface area contributed by atoms with Gasteiger partial charge in [0.1, 0.15) is 0 Å². The Morgan fingerprint density at radius 2 is 1.86 bits per heavy atom. The molecule has 6 heteroatoms. The molecule has 0 spiro atoms. The molecule has 1 aromatic carbocycles. The summed E-state index contributed by atoms with van der Waals surface area (Å²) in [6.07, 6.45) is 5.19. The van der Waals surface area contributed by atoms with Crippen molar-refractivity contribution in [3.05, 3.63) is 53.6 Å². The fourth-order valence-corrected chi connectivity index (χ4v) is 3.84. The predicted molar refractivity (Wildman–Crippen MR) is 117 cm³/mol. The Kier molecular flexibility index (Phi) is 7.24. The lowest BCUT2D eigenvalue weighted by Crippen LogP contribution is -2.43. The largest absolute Gasteiger partial charge is 0.463 e. The molecule has 2 rings (SSSR count). The number of carbonyl (C=O) groups is 2. The Balaban J connectivity index is 2.27. The van der Waals surface area contributed by atoms with E-state index in [1.807, 2.05) is 30.3 Å². The lowest BCUT2D eigenvalue weighted by molar-refractivity contribution is -0.167. The predicted octanol–water partition coefficient (Wildman–Crippen LogP) is 4.90. The molecular weight excluding hydrogens is 384 g/mol. The van der Waals surface area contributed by atoms with E-state index in [0.717, 1.165) is 5.56 Å². The summed E-state index contributed by atoms with van der Waals surface area (Å²) in [4.78, 5) is 25.0. The molecule has 1 heterocycles. The SMILES string of the molecule is CCOC(=O)C1(/C=C/c2ccccc2)OC(=O)C=C1CCO[Si](C)(C)C(C)(C)C. The second-order valence-electron chi connectivity index (χ2n) is 8.65. The maximum absolute atomic E-state index is 12.8. The highest BCUT2D eigenvalue weighted by Gasteiger charge is 2.49. The van der Waals surface area contributed by atoms with E-state index in [4.69, 9.17) is 13.9 Å². The Morgan fingerprint density at radius 3 is 2.45 bits per heavy atom. The Morgan fingerprint density at radius 1 is 1.21 bits per heavy atom. The number of esters is 2. The van der Waals surface area contributed by atoms with Crippen LogP contribution in [-0.4, -0.2) is 39.1 Å². The van der Waals surface area contributed by atoms with E-state index in [1.54, 1.807) is 19.1 Å². The minimum absolute atomic E-state index is 0.0782. The summed E-state index contributed by atoms with van der Waals surface area (Å²) < 4.78 is 17.0. The lowest BCUT2D eigenvalue weighted by atomic mass is 9.91. The Bertz CT molecular complexity index is 789. The molecular formula is C23H32O5Si. The second kappa shape index (κ2) is 9.09. The third-order valence-electron chi connectivity index (χ3n) is 5.56. The highest BCUT2D eigenvalue weighted by molar-refractivity contribution is 6.74. The summed E-state index contributed by atoms with van der Waals surface area (Å²) in [6.45, 7) is 13.2. The number of carbonyl (C=O) groups excluding carboxylic acids is 2. The number of cyclic esters (lactones) is 1. The van der Waals surface area contributed by atoms with Crippen LogP contribution in [0.4, 0.5) is 0 Å². The Hall–Kier alpha value is -2.18. The van der Waals surface area contributed by atoms with Gasteiger partial charge in [0.2, 0.25) is 5.60 Å². The van der Waals surface area contributed by atoms with E-state index in [9.17, 15) is 9.59 Å². The summed E-state index contributed by atoms with van der Waals surface area (Å²) in [7, 11) is -1.94. The molecule has 0 radical (unpaired) electrons. The first-order valence-electron chi connectivity index (χ1n) is 10.0. The van der Waals surface area contributed by atoms with Crippen LogP contribution in [0.15, 0.2) is 48.1 Å². The second-order valence-corrected chi connectivity index (χ2v) is 13.5. The average molecular weight is 417 g/mol. The van der Waals surface area contributed by atoms with Gasteiger partial charge in [-0.1, -0.05) is 57.2 Å². The van der Waals surface area contributed by atoms with E-state index in [2.05, 4.69) is 33.9 Å². The van der Waals surface area contributed by atoms with Gasteiger partial charge in [0.05, 0.1) is 6.61 Å². The molecule has 1 unspecified atom stereocenters. The van der Waals surface area contributed by atoms with Gasteiger partial charge in [0.25, 0.3) is 0 Å². The lowest BCUT2D eigenvalue weighted by Gasteiger charge is -2.36. The van der Waals surface area contributed by atoms with Crippen molar-refractivity contribution in [2.75, 3.05) is 13.2 Å². The van der Waals surface area contributed by atoms with E-state index in [1.165, 1.54) is 6.08 Å². The number of hydrogen-bond acceptors (Lipinski definition) is 5. The zero-order chi connectivity index (χ0) is 21.7. The van der Waals surface area contributed by atoms with Crippen LogP contribution in [0.5, 0.6) is 0 Å². The Labute approximate surface area is 174 Å². The molecule has 1 aliphatic heterocycles. The third-order valence-corrected chi connectivity index (χ3v) is 10.1. The van der Waals surface area contributed by atoms with Crippen LogP contribution in [0.3, 0.4) is 0 Å². The summed E-state index contributed by atoms with van der Waals surface area (Å²) in [5.41, 5.74) is -0.0810. The number of benzene rings is 1. The van der Waals surface area contributed by atoms with Crippen molar-refractivity contribution in [2.24, 2.45) is 0 Å². The first-order valence-corrected chi connectivity index (χ1v) is 12.9. The number of ether oxygens (including phenoxy) is 2. The highest BCUT2D eigenvalue weighted by Crippen LogP contribution is 2.38. The van der Waals surface area contributed by atoms with Crippen molar-refractivity contribution >= 4 is 26.3 Å². The molecule has 0 N–H and O–H groups in total. The van der Waals surface area contributed by atoms with E-state index >= 15 is 0 Å². The van der Waals surface area contributed by atoms with Gasteiger partial charge in [-0.25, -0.2) is 9.59 Å². The maximum Gasteiger partial charge on any atom is 0.359 e. The van der Waals surface area contributed by atoms with E-state index < -0.39 is 25.9 Å². The first kappa shape index (κ1) is 23.1. The standard InChI is InChI=1S/C23H32O5Si/c1-7-26-21(25)23(15-13-18-11-9-8-10-12-18)19(17-20(24)28-23)14-16-27-29(5,6)22(2,3)4/h8-13,15,17H,7,14,16H2,1-6H3/b15-13+. The molecule has 5 nitrogen and oxygen atoms in total. The van der Waals surface area contributed by atoms with Crippen molar-refractivity contribution < 1.29 is 23.5 Å². The third kappa shape index (κ3) is 5.45. The highest BCUT2D eigenvalue weighted by atomic mass is 28.4. The van der Waals surface area contributed by atoms with Crippen LogP contribution in [0, 0.1) is 0 Å². The monoisotopic (exact) mass is 416 g/mol. The van der Waals surface area contributed by atoms with Crippen LogP contribution in [0.1, 0.15) is 39.7 Å². The molecule has 0 amide bonds. The minimum Gasteiger partial charge on any atom is -0.463 e. The molecule has 0 aromatic heterocycles. The molecule has 0 bridgehead atoms. The molecule has 29 heavy (non-hydrogen) atoms. The van der Waals surface area contributed by atoms with Gasteiger partial charge in [-0.05, 0) is 48.7 Å². The zero-order valence-electron chi connectivity index (χ0n) is 18.3. The topological polar surface area (TPSA) is 61.8 Å². The smallest absolute Gasteiger partial charge is 0.359 e. The molecule has 0 fully saturated rings. The summed E-state index contributed by atoms with van der Waals surface area (Å²) >= 11 is 0. The van der Waals surface area contributed by atoms with Crippen LogP contribution in [0.25, 0.3) is 6.08 Å². The van der Waals surface area contributed by atoms with Gasteiger partial charge < -0.3 is 13.9 Å². The average Bonchev–Trinajstić information content (AvgIpc) is 2.96. The zero-order valence-corrected chi connectivity index (χ0v) is 19.3. The van der Waals surface area contributed by atoms with Gasteiger partial charge >= 0.3 is 11.9 Å². The van der Waals surface area contributed by atoms with Crippen LogP contribution < -0.4 is 0 Å². The van der Waals surface area contributed by atoms with Gasteiger partial charge in [0.15, 0.2) is 8.32 Å². The molecule has 1 aromatic rings. The van der Waals surface area contributed by atoms with Crippen molar-refractivity contribution in [3.8, 4) is 0 Å². The molecule has 0 saturated carbocycles. The van der Waals surface area contributed by atoms with Crippen LogP contribution >= 0.6 is 0 Å².